The van der Waals surface area contributed by atoms with E-state index in [9.17, 15) is 14.4 Å². The van der Waals surface area contributed by atoms with Gasteiger partial charge in [0.15, 0.2) is 12.2 Å². The van der Waals surface area contributed by atoms with Gasteiger partial charge in [-0.1, -0.05) is 6.08 Å². The van der Waals surface area contributed by atoms with Crippen LogP contribution in [0.1, 0.15) is 46.3 Å². The van der Waals surface area contributed by atoms with Crippen molar-refractivity contribution in [3.63, 3.8) is 0 Å². The zero-order chi connectivity index (χ0) is 20.6. The fourth-order valence-electron chi connectivity index (χ4n) is 3.18. The first-order valence-electron chi connectivity index (χ1n) is 8.91. The van der Waals surface area contributed by atoms with E-state index < -0.39 is 35.4 Å². The minimum absolute atomic E-state index is 0.230. The molecule has 148 valence electrons. The van der Waals surface area contributed by atoms with Crippen LogP contribution in [-0.2, 0) is 19.1 Å². The Bertz CT molecular complexity index is 1030. The predicted octanol–water partition coefficient (Wildman–Crippen LogP) is 3.45. The Hall–Kier alpha value is -3.09. The molecule has 2 atom stereocenters. The van der Waals surface area contributed by atoms with E-state index in [0.717, 1.165) is 0 Å². The number of carbonyl (C=O) groups excluding carboxylic acids is 2. The zero-order valence-corrected chi connectivity index (χ0v) is 16.4. The molecule has 0 saturated carbocycles. The Kier molecular flexibility index (Phi) is 5.02. The Morgan fingerprint density at radius 1 is 1.11 bits per heavy atom. The number of carbonyl (C=O) groups is 2. The van der Waals surface area contributed by atoms with E-state index >= 15 is 0 Å². The summed E-state index contributed by atoms with van der Waals surface area (Å²) in [5, 5.41) is 0.632. The summed E-state index contributed by atoms with van der Waals surface area (Å²) in [6, 6.07) is 6.37. The fourth-order valence-corrected chi connectivity index (χ4v) is 3.18. The lowest BCUT2D eigenvalue weighted by atomic mass is 9.87. The third-order valence-corrected chi connectivity index (χ3v) is 4.69. The largest absolute Gasteiger partial charge is 0.483 e. The van der Waals surface area contributed by atoms with Crippen LogP contribution in [0.25, 0.3) is 11.0 Å². The lowest BCUT2D eigenvalue weighted by Gasteiger charge is -2.43. The Labute approximate surface area is 161 Å². The maximum Gasteiger partial charge on any atom is 0.336 e. The molecule has 0 fully saturated rings. The summed E-state index contributed by atoms with van der Waals surface area (Å²) >= 11 is 0. The quantitative estimate of drug-likeness (QED) is 0.453. The minimum atomic E-state index is -1.01. The van der Waals surface area contributed by atoms with Gasteiger partial charge in [0.25, 0.3) is 0 Å². The highest BCUT2D eigenvalue weighted by atomic mass is 16.6. The molecule has 2 heterocycles. The van der Waals surface area contributed by atoms with Crippen molar-refractivity contribution in [1.29, 1.82) is 0 Å². The van der Waals surface area contributed by atoms with E-state index in [-0.39, 0.29) is 5.58 Å². The lowest BCUT2D eigenvalue weighted by molar-refractivity contribution is -0.186. The van der Waals surface area contributed by atoms with Gasteiger partial charge in [-0.15, -0.1) is 0 Å². The first-order valence-corrected chi connectivity index (χ1v) is 8.91. The van der Waals surface area contributed by atoms with E-state index in [0.29, 0.717) is 22.3 Å². The molecule has 0 radical (unpaired) electrons. The van der Waals surface area contributed by atoms with Crippen molar-refractivity contribution < 1.29 is 28.2 Å². The fraction of sp³-hybridized carbons (Fsp3) is 0.381. The van der Waals surface area contributed by atoms with E-state index in [2.05, 4.69) is 0 Å². The Morgan fingerprint density at radius 2 is 1.79 bits per heavy atom. The average Bonchev–Trinajstić information content (AvgIpc) is 2.62. The maximum atomic E-state index is 12.5. The van der Waals surface area contributed by atoms with Crippen molar-refractivity contribution >= 4 is 22.9 Å². The van der Waals surface area contributed by atoms with Crippen LogP contribution in [0.15, 0.2) is 45.1 Å². The summed E-state index contributed by atoms with van der Waals surface area (Å²) in [5.74, 6) is -0.717. The van der Waals surface area contributed by atoms with E-state index in [4.69, 9.17) is 18.6 Å². The zero-order valence-electron chi connectivity index (χ0n) is 16.4. The topological polar surface area (TPSA) is 92.0 Å². The highest BCUT2D eigenvalue weighted by molar-refractivity contribution is 5.89. The van der Waals surface area contributed by atoms with Crippen LogP contribution >= 0.6 is 0 Å². The van der Waals surface area contributed by atoms with Crippen molar-refractivity contribution in [2.24, 2.45) is 0 Å². The van der Waals surface area contributed by atoms with Gasteiger partial charge in [0.2, 0.25) is 0 Å². The van der Waals surface area contributed by atoms with Crippen LogP contribution < -0.4 is 10.4 Å². The lowest BCUT2D eigenvalue weighted by Crippen LogP contribution is -2.52. The Balaban J connectivity index is 2.25. The van der Waals surface area contributed by atoms with Gasteiger partial charge >= 0.3 is 17.6 Å². The second-order valence-corrected chi connectivity index (χ2v) is 7.18. The molecular weight excluding hydrogens is 364 g/mol. The van der Waals surface area contributed by atoms with Crippen LogP contribution in [0.4, 0.5) is 0 Å². The van der Waals surface area contributed by atoms with Gasteiger partial charge in [0, 0.05) is 23.9 Å². The molecule has 0 saturated heterocycles. The predicted molar refractivity (Wildman–Crippen MR) is 101 cm³/mol. The molecule has 1 aliphatic heterocycles. The third kappa shape index (κ3) is 3.52. The molecule has 28 heavy (non-hydrogen) atoms. The smallest absolute Gasteiger partial charge is 0.336 e. The van der Waals surface area contributed by atoms with Crippen LogP contribution in [0.5, 0.6) is 5.75 Å². The monoisotopic (exact) mass is 386 g/mol. The number of hydrogen-bond acceptors (Lipinski definition) is 7. The number of rotatable bonds is 3. The summed E-state index contributed by atoms with van der Waals surface area (Å²) in [7, 11) is 0. The highest BCUT2D eigenvalue weighted by Gasteiger charge is 2.49. The van der Waals surface area contributed by atoms with Gasteiger partial charge in [-0.05, 0) is 45.9 Å². The van der Waals surface area contributed by atoms with Gasteiger partial charge in [0.1, 0.15) is 16.9 Å². The summed E-state index contributed by atoms with van der Waals surface area (Å²) in [4.78, 5) is 36.1. The molecule has 0 bridgehead atoms. The first kappa shape index (κ1) is 19.7. The van der Waals surface area contributed by atoms with Crippen LogP contribution in [0.3, 0.4) is 0 Å². The molecule has 0 unspecified atom stereocenters. The maximum absolute atomic E-state index is 12.5. The van der Waals surface area contributed by atoms with Crippen molar-refractivity contribution in [3.05, 3.63) is 51.9 Å². The molecule has 0 N–H and O–H groups in total. The van der Waals surface area contributed by atoms with Crippen LogP contribution in [0, 0.1) is 0 Å². The van der Waals surface area contributed by atoms with E-state index in [1.807, 2.05) is 0 Å². The highest BCUT2D eigenvalue weighted by Crippen LogP contribution is 2.46. The van der Waals surface area contributed by atoms with Gasteiger partial charge in [-0.25, -0.2) is 9.59 Å². The SMILES string of the molecule is CC=C(C)C(=O)O[C@H]1c2c(ccc3ccc(=O)oc23)OC(C)(C)[C@H]1OC(C)=O. The number of benzene rings is 1. The molecule has 1 aliphatic rings. The van der Waals surface area contributed by atoms with Crippen LogP contribution in [0.2, 0.25) is 0 Å². The number of allylic oxidation sites excluding steroid dienone is 1. The number of ether oxygens (including phenoxy) is 3. The molecule has 0 amide bonds. The number of esters is 2. The summed E-state index contributed by atoms with van der Waals surface area (Å²) in [6.45, 7) is 8.08. The molecule has 2 aromatic rings. The summed E-state index contributed by atoms with van der Waals surface area (Å²) in [6.07, 6.45) is -0.334. The molecule has 3 rings (SSSR count). The molecular formula is C21H22O7. The molecule has 7 nitrogen and oxygen atoms in total. The van der Waals surface area contributed by atoms with Crippen molar-refractivity contribution in [3.8, 4) is 5.75 Å². The van der Waals surface area contributed by atoms with Crippen molar-refractivity contribution in [1.82, 2.24) is 0 Å². The second-order valence-electron chi connectivity index (χ2n) is 7.18. The molecule has 0 aliphatic carbocycles. The van der Waals surface area contributed by atoms with E-state index in [1.165, 1.54) is 13.0 Å². The normalized spacial score (nSPS) is 20.8. The third-order valence-electron chi connectivity index (χ3n) is 4.69. The summed E-state index contributed by atoms with van der Waals surface area (Å²) in [5.41, 5.74) is -0.555. The first-order chi connectivity index (χ1) is 13.1. The second kappa shape index (κ2) is 7.14. The van der Waals surface area contributed by atoms with Gasteiger partial charge < -0.3 is 18.6 Å². The molecule has 7 heteroatoms. The minimum Gasteiger partial charge on any atom is -0.483 e. The van der Waals surface area contributed by atoms with E-state index in [1.54, 1.807) is 52.0 Å². The standard InChI is InChI=1S/C21H22O7/c1-6-11(2)20(24)27-18-16-14(28-21(4,5)19(18)25-12(3)22)9-7-13-8-10-15(23)26-17(13)16/h6-10,18-19H,1-5H3/t18-,19-/m0/s1. The molecule has 1 aromatic carbocycles. The van der Waals surface area contributed by atoms with Gasteiger partial charge in [-0.3, -0.25) is 4.79 Å². The summed E-state index contributed by atoms with van der Waals surface area (Å²) < 4.78 is 22.7. The Morgan fingerprint density at radius 3 is 2.43 bits per heavy atom. The van der Waals surface area contributed by atoms with Crippen molar-refractivity contribution in [2.45, 2.75) is 52.4 Å². The van der Waals surface area contributed by atoms with Crippen molar-refractivity contribution in [2.75, 3.05) is 0 Å². The number of fused-ring (bicyclic) bond motifs is 3. The van der Waals surface area contributed by atoms with Gasteiger partial charge in [0.05, 0.1) is 5.56 Å². The van der Waals surface area contributed by atoms with Gasteiger partial charge in [-0.2, -0.15) is 0 Å². The molecule has 1 aromatic heterocycles. The molecule has 0 spiro atoms. The number of hydrogen-bond donors (Lipinski definition) is 0. The average molecular weight is 386 g/mol. The van der Waals surface area contributed by atoms with Crippen LogP contribution in [-0.4, -0.2) is 23.6 Å².